The summed E-state index contributed by atoms with van der Waals surface area (Å²) in [7, 11) is 0. The zero-order chi connectivity index (χ0) is 14.8. The summed E-state index contributed by atoms with van der Waals surface area (Å²) in [5.74, 6) is -0.778. The topological polar surface area (TPSA) is 76.0 Å². The highest BCUT2D eigenvalue weighted by atomic mass is 16.4. The Hall–Kier alpha value is -2.30. The minimum Gasteiger partial charge on any atom is -0.476 e. The number of hydrogen-bond acceptors (Lipinski definition) is 4. The number of rotatable bonds is 3. The Morgan fingerprint density at radius 1 is 1.24 bits per heavy atom. The minimum absolute atomic E-state index is 0.0842. The first-order valence-corrected chi connectivity index (χ1v) is 7.17. The van der Waals surface area contributed by atoms with Crippen LogP contribution in [0.25, 0.3) is 11.3 Å². The zero-order valence-corrected chi connectivity index (χ0v) is 11.9. The predicted molar refractivity (Wildman–Crippen MR) is 78.2 cm³/mol. The average Bonchev–Trinajstić information content (AvgIpc) is 3.00. The van der Waals surface area contributed by atoms with E-state index in [1.165, 1.54) is 0 Å². The van der Waals surface area contributed by atoms with Crippen molar-refractivity contribution in [2.24, 2.45) is 0 Å². The number of nitrogens with zero attached hydrogens (tertiary/aromatic N) is 3. The molecule has 0 amide bonds. The summed E-state index contributed by atoms with van der Waals surface area (Å²) in [5, 5.41) is 9.43. The van der Waals surface area contributed by atoms with Gasteiger partial charge in [-0.15, -0.1) is 0 Å². The number of aromatic nitrogens is 3. The summed E-state index contributed by atoms with van der Waals surface area (Å²) in [4.78, 5) is 24.4. The van der Waals surface area contributed by atoms with Crippen LogP contribution in [0, 0.1) is 6.92 Å². The number of carboxylic acid groups (broad SMARTS) is 1. The third-order valence-corrected chi connectivity index (χ3v) is 3.92. The predicted octanol–water partition coefficient (Wildman–Crippen LogP) is 3.20. The molecule has 0 aliphatic heterocycles. The zero-order valence-electron chi connectivity index (χ0n) is 11.9. The van der Waals surface area contributed by atoms with Crippen LogP contribution in [0.15, 0.2) is 24.7 Å². The number of aryl methyl sites for hydroxylation is 1. The first-order chi connectivity index (χ1) is 10.1. The molecule has 0 saturated heterocycles. The summed E-state index contributed by atoms with van der Waals surface area (Å²) in [6.45, 7) is 1.94. The van der Waals surface area contributed by atoms with E-state index >= 15 is 0 Å². The molecule has 108 valence electrons. The van der Waals surface area contributed by atoms with Crippen LogP contribution in [0.1, 0.15) is 53.3 Å². The Balaban J connectivity index is 2.04. The van der Waals surface area contributed by atoms with Gasteiger partial charge in [-0.1, -0.05) is 12.8 Å². The molecule has 0 bridgehead atoms. The summed E-state index contributed by atoms with van der Waals surface area (Å²) < 4.78 is 0. The van der Waals surface area contributed by atoms with Crippen molar-refractivity contribution in [3.05, 3.63) is 41.6 Å². The number of pyridine rings is 1. The molecular weight excluding hydrogens is 266 g/mol. The Bertz CT molecular complexity index is 679. The molecular formula is C16H17N3O2. The van der Waals surface area contributed by atoms with Gasteiger partial charge in [0.05, 0.1) is 17.6 Å². The van der Waals surface area contributed by atoms with Gasteiger partial charge >= 0.3 is 5.97 Å². The van der Waals surface area contributed by atoms with Gasteiger partial charge in [-0.25, -0.2) is 9.78 Å². The van der Waals surface area contributed by atoms with Gasteiger partial charge in [0, 0.05) is 23.9 Å². The monoisotopic (exact) mass is 283 g/mol. The average molecular weight is 283 g/mol. The lowest BCUT2D eigenvalue weighted by Gasteiger charge is -2.12. The van der Waals surface area contributed by atoms with Crippen LogP contribution < -0.4 is 0 Å². The summed E-state index contributed by atoms with van der Waals surface area (Å²) in [6.07, 6.45) is 9.36. The lowest BCUT2D eigenvalue weighted by Crippen LogP contribution is -2.11. The summed E-state index contributed by atoms with van der Waals surface area (Å²) in [6, 6.07) is 1.93. The highest BCUT2D eigenvalue weighted by Crippen LogP contribution is 2.34. The maximum Gasteiger partial charge on any atom is 0.356 e. The number of aromatic carboxylic acids is 1. The maximum atomic E-state index is 11.5. The van der Waals surface area contributed by atoms with E-state index < -0.39 is 5.97 Å². The second-order valence-corrected chi connectivity index (χ2v) is 5.53. The first kappa shape index (κ1) is 13.7. The highest BCUT2D eigenvalue weighted by Gasteiger charge is 2.25. The normalized spacial score (nSPS) is 15.3. The van der Waals surface area contributed by atoms with E-state index in [4.69, 9.17) is 0 Å². The van der Waals surface area contributed by atoms with Crippen molar-refractivity contribution in [3.63, 3.8) is 0 Å². The van der Waals surface area contributed by atoms with E-state index in [-0.39, 0.29) is 11.6 Å². The molecule has 0 unspecified atom stereocenters. The number of carbonyl (C=O) groups is 1. The highest BCUT2D eigenvalue weighted by molar-refractivity contribution is 5.87. The van der Waals surface area contributed by atoms with E-state index in [1.807, 2.05) is 13.0 Å². The van der Waals surface area contributed by atoms with Crippen molar-refractivity contribution >= 4 is 5.97 Å². The van der Waals surface area contributed by atoms with Crippen molar-refractivity contribution in [2.45, 2.75) is 38.5 Å². The minimum atomic E-state index is -1.01. The van der Waals surface area contributed by atoms with Crippen molar-refractivity contribution in [2.75, 3.05) is 0 Å². The fraction of sp³-hybridized carbons (Fsp3) is 0.375. The van der Waals surface area contributed by atoms with E-state index in [0.717, 1.165) is 36.8 Å². The molecule has 1 fully saturated rings. The molecule has 3 rings (SSSR count). The third kappa shape index (κ3) is 2.77. The fourth-order valence-electron chi connectivity index (χ4n) is 2.89. The Kier molecular flexibility index (Phi) is 3.64. The van der Waals surface area contributed by atoms with Crippen LogP contribution in [0.3, 0.4) is 0 Å². The molecule has 0 radical (unpaired) electrons. The van der Waals surface area contributed by atoms with Crippen LogP contribution >= 0.6 is 0 Å². The lowest BCUT2D eigenvalue weighted by molar-refractivity contribution is 0.0688. The molecule has 1 N–H and O–H groups in total. The largest absolute Gasteiger partial charge is 0.476 e. The van der Waals surface area contributed by atoms with E-state index in [0.29, 0.717) is 11.4 Å². The Labute approximate surface area is 123 Å². The van der Waals surface area contributed by atoms with Gasteiger partial charge in [-0.05, 0) is 31.4 Å². The van der Waals surface area contributed by atoms with Crippen LogP contribution in [-0.4, -0.2) is 26.0 Å². The Morgan fingerprint density at radius 3 is 2.67 bits per heavy atom. The van der Waals surface area contributed by atoms with Crippen LogP contribution in [0.2, 0.25) is 0 Å². The molecule has 21 heavy (non-hydrogen) atoms. The molecule has 2 aromatic rings. The smallest absolute Gasteiger partial charge is 0.356 e. The molecule has 0 atom stereocenters. The second-order valence-electron chi connectivity index (χ2n) is 5.53. The van der Waals surface area contributed by atoms with Crippen LogP contribution in [0.5, 0.6) is 0 Å². The quantitative estimate of drug-likeness (QED) is 0.936. The standard InChI is InChI=1S/C16H17N3O2/c1-10-6-12(8-17-7-10)13-9-18-14(11-4-2-3-5-11)15(19-13)16(20)21/h6-9,11H,2-5H2,1H3,(H,20,21). The van der Waals surface area contributed by atoms with Gasteiger partial charge in [0.25, 0.3) is 0 Å². The van der Waals surface area contributed by atoms with Crippen molar-refractivity contribution in [1.82, 2.24) is 15.0 Å². The third-order valence-electron chi connectivity index (χ3n) is 3.92. The summed E-state index contributed by atoms with van der Waals surface area (Å²) >= 11 is 0. The van der Waals surface area contributed by atoms with Crippen molar-refractivity contribution < 1.29 is 9.90 Å². The van der Waals surface area contributed by atoms with Gasteiger partial charge < -0.3 is 5.11 Å². The SMILES string of the molecule is Cc1cncc(-c2cnc(C3CCCC3)c(C(=O)O)n2)c1. The van der Waals surface area contributed by atoms with Gasteiger partial charge in [0.2, 0.25) is 0 Å². The van der Waals surface area contributed by atoms with E-state index in [9.17, 15) is 9.90 Å². The molecule has 0 aromatic carbocycles. The molecule has 0 spiro atoms. The van der Waals surface area contributed by atoms with E-state index in [2.05, 4.69) is 15.0 Å². The van der Waals surface area contributed by atoms with Crippen molar-refractivity contribution in [3.8, 4) is 11.3 Å². The van der Waals surface area contributed by atoms with Crippen molar-refractivity contribution in [1.29, 1.82) is 0 Å². The molecule has 1 saturated carbocycles. The van der Waals surface area contributed by atoms with E-state index in [1.54, 1.807) is 18.6 Å². The molecule has 1 aliphatic rings. The van der Waals surface area contributed by atoms with Gasteiger partial charge in [-0.3, -0.25) is 9.97 Å². The molecule has 5 heteroatoms. The van der Waals surface area contributed by atoms with Gasteiger partial charge in [0.15, 0.2) is 5.69 Å². The molecule has 1 aliphatic carbocycles. The van der Waals surface area contributed by atoms with Crippen LogP contribution in [0.4, 0.5) is 0 Å². The molecule has 5 nitrogen and oxygen atoms in total. The number of carboxylic acids is 1. The second kappa shape index (κ2) is 5.60. The first-order valence-electron chi connectivity index (χ1n) is 7.17. The maximum absolute atomic E-state index is 11.5. The lowest BCUT2D eigenvalue weighted by atomic mass is 10.0. The summed E-state index contributed by atoms with van der Waals surface area (Å²) in [5.41, 5.74) is 3.07. The Morgan fingerprint density at radius 2 is 2.00 bits per heavy atom. The van der Waals surface area contributed by atoms with Gasteiger partial charge in [-0.2, -0.15) is 0 Å². The fourth-order valence-corrected chi connectivity index (χ4v) is 2.89. The van der Waals surface area contributed by atoms with Gasteiger partial charge in [0.1, 0.15) is 0 Å². The number of hydrogen-bond donors (Lipinski definition) is 1. The van der Waals surface area contributed by atoms with Crippen LogP contribution in [-0.2, 0) is 0 Å². The molecule has 2 aromatic heterocycles. The molecule has 2 heterocycles.